The molecule has 4 nitrogen and oxygen atoms in total. The summed E-state index contributed by atoms with van der Waals surface area (Å²) in [6.07, 6.45) is 0. The molecule has 0 saturated heterocycles. The molecule has 1 rings (SSSR count). The van der Waals surface area contributed by atoms with Gasteiger partial charge >= 0.3 is 0 Å². The lowest BCUT2D eigenvalue weighted by molar-refractivity contribution is 0.100. The zero-order valence-electron chi connectivity index (χ0n) is 9.18. The highest BCUT2D eigenvalue weighted by Crippen LogP contribution is 2.07. The number of nitrogens with two attached hydrogens (primary N) is 2. The maximum absolute atomic E-state index is 11.6. The van der Waals surface area contributed by atoms with E-state index in [-0.39, 0.29) is 6.04 Å². The normalized spacial score (nSPS) is 14.4. The van der Waals surface area contributed by atoms with Crippen LogP contribution in [-0.4, -0.2) is 21.9 Å². The second-order valence-electron chi connectivity index (χ2n) is 3.79. The second kappa shape index (κ2) is 5.77. The molecule has 4 N–H and O–H groups in total. The zero-order chi connectivity index (χ0) is 12.1. The second-order valence-corrected chi connectivity index (χ2v) is 5.29. The number of hydrogen-bond donors (Lipinski definition) is 2. The Kier molecular flexibility index (Phi) is 4.64. The summed E-state index contributed by atoms with van der Waals surface area (Å²) >= 11 is 0. The summed E-state index contributed by atoms with van der Waals surface area (Å²) in [7, 11) is -0.960. The Morgan fingerprint density at radius 3 is 2.38 bits per heavy atom. The maximum atomic E-state index is 11.6. The van der Waals surface area contributed by atoms with Crippen LogP contribution >= 0.6 is 0 Å². The van der Waals surface area contributed by atoms with Gasteiger partial charge in [-0.3, -0.25) is 9.00 Å². The van der Waals surface area contributed by atoms with Crippen molar-refractivity contribution < 1.29 is 9.00 Å². The van der Waals surface area contributed by atoms with Gasteiger partial charge in [-0.2, -0.15) is 0 Å². The maximum Gasteiger partial charge on any atom is 0.248 e. The molecule has 0 heterocycles. The first-order valence-corrected chi connectivity index (χ1v) is 6.47. The van der Waals surface area contributed by atoms with Crippen LogP contribution in [0.25, 0.3) is 0 Å². The molecule has 0 aliphatic rings. The topological polar surface area (TPSA) is 86.2 Å². The third-order valence-corrected chi connectivity index (χ3v) is 3.57. The Hall–Kier alpha value is -1.20. The van der Waals surface area contributed by atoms with Crippen molar-refractivity contribution in [3.8, 4) is 0 Å². The fourth-order valence-corrected chi connectivity index (χ4v) is 2.57. The molecule has 1 aromatic carbocycles. The van der Waals surface area contributed by atoms with Crippen LogP contribution in [0.2, 0.25) is 0 Å². The van der Waals surface area contributed by atoms with E-state index in [9.17, 15) is 9.00 Å². The quantitative estimate of drug-likeness (QED) is 0.780. The molecule has 2 atom stereocenters. The van der Waals surface area contributed by atoms with Crippen LogP contribution < -0.4 is 11.5 Å². The number of hydrogen-bond acceptors (Lipinski definition) is 3. The van der Waals surface area contributed by atoms with Gasteiger partial charge in [0.1, 0.15) is 0 Å². The first-order valence-electron chi connectivity index (χ1n) is 4.98. The molecule has 0 aliphatic heterocycles. The van der Waals surface area contributed by atoms with Crippen LogP contribution in [0.4, 0.5) is 0 Å². The predicted octanol–water partition coefficient (Wildman–Crippen LogP) is 0.381. The van der Waals surface area contributed by atoms with Crippen molar-refractivity contribution in [1.29, 1.82) is 0 Å². The lowest BCUT2D eigenvalue weighted by Crippen LogP contribution is -2.23. The monoisotopic (exact) mass is 240 g/mol. The van der Waals surface area contributed by atoms with E-state index in [1.165, 1.54) is 0 Å². The molecule has 88 valence electrons. The molecule has 0 aromatic heterocycles. The van der Waals surface area contributed by atoms with Gasteiger partial charge in [0.05, 0.1) is 0 Å². The molecule has 0 radical (unpaired) electrons. The standard InChI is InChI=1S/C11H16N2O2S/c1-8(12)6-16(15)7-9-2-4-10(5-3-9)11(13)14/h2-5,8H,6-7,12H2,1H3,(H2,13,14). The molecule has 1 aromatic rings. The molecule has 0 fully saturated rings. The van der Waals surface area contributed by atoms with Crippen molar-refractivity contribution in [2.45, 2.75) is 18.7 Å². The third-order valence-electron chi connectivity index (χ3n) is 2.01. The summed E-state index contributed by atoms with van der Waals surface area (Å²) in [5.74, 6) is 0.487. The molecule has 2 unspecified atom stereocenters. The van der Waals surface area contributed by atoms with Crippen molar-refractivity contribution in [3.05, 3.63) is 35.4 Å². The molecule has 0 saturated carbocycles. The van der Waals surface area contributed by atoms with Gasteiger partial charge in [0, 0.05) is 33.9 Å². The number of carbonyl (C=O) groups is 1. The molecule has 5 heteroatoms. The van der Waals surface area contributed by atoms with E-state index in [4.69, 9.17) is 11.5 Å². The fraction of sp³-hybridized carbons (Fsp3) is 0.364. The van der Waals surface area contributed by atoms with Crippen LogP contribution in [0.1, 0.15) is 22.8 Å². The lowest BCUT2D eigenvalue weighted by Gasteiger charge is -2.05. The van der Waals surface area contributed by atoms with Crippen LogP contribution in [0, 0.1) is 0 Å². The highest BCUT2D eigenvalue weighted by Gasteiger charge is 2.05. The van der Waals surface area contributed by atoms with Gasteiger partial charge in [-0.25, -0.2) is 0 Å². The van der Waals surface area contributed by atoms with Crippen molar-refractivity contribution in [3.63, 3.8) is 0 Å². The van der Waals surface area contributed by atoms with E-state index in [0.717, 1.165) is 5.56 Å². The Morgan fingerprint density at radius 2 is 1.94 bits per heavy atom. The smallest absolute Gasteiger partial charge is 0.248 e. The largest absolute Gasteiger partial charge is 0.366 e. The van der Waals surface area contributed by atoms with Gasteiger partial charge < -0.3 is 11.5 Å². The number of rotatable bonds is 5. The molecular formula is C11H16N2O2S. The Bertz CT molecular complexity index is 387. The highest BCUT2D eigenvalue weighted by molar-refractivity contribution is 7.84. The lowest BCUT2D eigenvalue weighted by atomic mass is 10.1. The van der Waals surface area contributed by atoms with E-state index in [1.54, 1.807) is 24.3 Å². The van der Waals surface area contributed by atoms with Gasteiger partial charge in [0.25, 0.3) is 0 Å². The summed E-state index contributed by atoms with van der Waals surface area (Å²) in [5, 5.41) is 0. The van der Waals surface area contributed by atoms with Gasteiger partial charge in [0.2, 0.25) is 5.91 Å². The molecule has 0 bridgehead atoms. The molecule has 0 aliphatic carbocycles. The first kappa shape index (κ1) is 12.9. The van der Waals surface area contributed by atoms with E-state index in [0.29, 0.717) is 17.1 Å². The van der Waals surface area contributed by atoms with Gasteiger partial charge in [-0.15, -0.1) is 0 Å². The number of amides is 1. The molecule has 0 spiro atoms. The van der Waals surface area contributed by atoms with Crippen LogP contribution in [0.15, 0.2) is 24.3 Å². The van der Waals surface area contributed by atoms with Crippen molar-refractivity contribution in [1.82, 2.24) is 0 Å². The Balaban J connectivity index is 2.62. The van der Waals surface area contributed by atoms with Crippen molar-refractivity contribution in [2.24, 2.45) is 11.5 Å². The molecule has 16 heavy (non-hydrogen) atoms. The number of primary amides is 1. The number of carbonyl (C=O) groups excluding carboxylic acids is 1. The highest BCUT2D eigenvalue weighted by atomic mass is 32.2. The average molecular weight is 240 g/mol. The number of benzene rings is 1. The average Bonchev–Trinajstić information content (AvgIpc) is 2.16. The summed E-state index contributed by atoms with van der Waals surface area (Å²) in [5.41, 5.74) is 12.1. The molecule has 1 amide bonds. The van der Waals surface area contributed by atoms with Crippen molar-refractivity contribution >= 4 is 16.7 Å². The van der Waals surface area contributed by atoms with E-state index < -0.39 is 16.7 Å². The van der Waals surface area contributed by atoms with E-state index >= 15 is 0 Å². The van der Waals surface area contributed by atoms with Gasteiger partial charge in [-0.1, -0.05) is 12.1 Å². The van der Waals surface area contributed by atoms with Crippen molar-refractivity contribution in [2.75, 3.05) is 5.75 Å². The first-order chi connectivity index (χ1) is 7.49. The Labute approximate surface area is 97.5 Å². The summed E-state index contributed by atoms with van der Waals surface area (Å²) in [6.45, 7) is 1.83. The molecular weight excluding hydrogens is 224 g/mol. The van der Waals surface area contributed by atoms with Gasteiger partial charge in [-0.05, 0) is 24.6 Å². The van der Waals surface area contributed by atoms with Crippen LogP contribution in [0.5, 0.6) is 0 Å². The van der Waals surface area contributed by atoms with E-state index in [1.807, 2.05) is 6.92 Å². The summed E-state index contributed by atoms with van der Waals surface area (Å²) in [6, 6.07) is 6.74. The minimum absolute atomic E-state index is 0.0641. The van der Waals surface area contributed by atoms with E-state index in [2.05, 4.69) is 0 Å². The summed E-state index contributed by atoms with van der Waals surface area (Å²) in [4.78, 5) is 10.8. The summed E-state index contributed by atoms with van der Waals surface area (Å²) < 4.78 is 11.6. The fourth-order valence-electron chi connectivity index (χ4n) is 1.30. The Morgan fingerprint density at radius 1 is 1.38 bits per heavy atom. The minimum atomic E-state index is -0.960. The van der Waals surface area contributed by atoms with Gasteiger partial charge in [0.15, 0.2) is 0 Å². The third kappa shape index (κ3) is 4.12. The SMILES string of the molecule is CC(N)CS(=O)Cc1ccc(C(N)=O)cc1. The van der Waals surface area contributed by atoms with Crippen LogP contribution in [-0.2, 0) is 16.6 Å². The predicted molar refractivity (Wildman–Crippen MR) is 65.3 cm³/mol. The van der Waals surface area contributed by atoms with Crippen LogP contribution in [0.3, 0.4) is 0 Å². The zero-order valence-corrected chi connectivity index (χ0v) is 10.00. The minimum Gasteiger partial charge on any atom is -0.366 e.